The van der Waals surface area contributed by atoms with Crippen LogP contribution < -0.4 is 40.2 Å². The van der Waals surface area contributed by atoms with Crippen LogP contribution in [0.25, 0.3) is 22.4 Å². The summed E-state index contributed by atoms with van der Waals surface area (Å²) >= 11 is 0. The summed E-state index contributed by atoms with van der Waals surface area (Å²) in [5.74, 6) is 0. The zero-order valence-corrected chi connectivity index (χ0v) is 14.0. The minimum absolute atomic E-state index is 0. The molecule has 3 aromatic rings. The molecule has 0 fully saturated rings. The van der Waals surface area contributed by atoms with E-state index >= 15 is 0 Å². The molecule has 0 aliphatic carbocycles. The molecule has 1 heterocycles. The number of nitriles is 1. The van der Waals surface area contributed by atoms with Gasteiger partial charge in [0.2, 0.25) is 0 Å². The van der Waals surface area contributed by atoms with E-state index in [1.807, 2.05) is 66.7 Å². The number of hydrogen-bond acceptors (Lipinski definition) is 3. The first-order valence-electron chi connectivity index (χ1n) is 6.40. The van der Waals surface area contributed by atoms with E-state index in [1.54, 1.807) is 0 Å². The number of nitrogens with zero attached hydrogens (tertiary/aromatic N) is 3. The monoisotopic (exact) mass is 295 g/mol. The van der Waals surface area contributed by atoms with E-state index < -0.39 is 5.56 Å². The molecule has 4 nitrogen and oxygen atoms in total. The predicted octanol–water partition coefficient (Wildman–Crippen LogP) is -0.391. The molecule has 0 radical (unpaired) electrons. The van der Waals surface area contributed by atoms with E-state index in [9.17, 15) is 10.1 Å². The third kappa shape index (κ3) is 3.02. The molecule has 0 saturated heterocycles. The van der Waals surface area contributed by atoms with Gasteiger partial charge in [-0.3, -0.25) is 0 Å². The second-order valence-corrected chi connectivity index (χ2v) is 4.45. The van der Waals surface area contributed by atoms with Gasteiger partial charge in [0.1, 0.15) is 11.6 Å². The second kappa shape index (κ2) is 7.19. The molecule has 0 bridgehead atoms. The Morgan fingerprint density at radius 3 is 2.00 bits per heavy atom. The van der Waals surface area contributed by atoms with Crippen LogP contribution in [-0.4, -0.2) is 5.10 Å². The largest absolute Gasteiger partial charge is 1.00 e. The fraction of sp³-hybridized carbons (Fsp3) is 0. The van der Waals surface area contributed by atoms with Crippen LogP contribution in [0.2, 0.25) is 0 Å². The predicted molar refractivity (Wildman–Crippen MR) is 79.4 cm³/mol. The molecular formula is C17H10N3NaO. The topological polar surface area (TPSA) is 67.8 Å². The van der Waals surface area contributed by atoms with Gasteiger partial charge in [0.05, 0.1) is 11.3 Å². The van der Waals surface area contributed by atoms with Crippen LogP contribution in [0.3, 0.4) is 0 Å². The fourth-order valence-corrected chi connectivity index (χ4v) is 2.21. The maximum absolute atomic E-state index is 11.8. The molecular weight excluding hydrogens is 285 g/mol. The van der Waals surface area contributed by atoms with Gasteiger partial charge in [0.25, 0.3) is 0 Å². The van der Waals surface area contributed by atoms with Gasteiger partial charge in [-0.05, 0) is 11.1 Å². The van der Waals surface area contributed by atoms with Crippen molar-refractivity contribution in [2.45, 2.75) is 0 Å². The summed E-state index contributed by atoms with van der Waals surface area (Å²) in [6, 6.07) is 20.7. The van der Waals surface area contributed by atoms with E-state index in [-0.39, 0.29) is 35.1 Å². The van der Waals surface area contributed by atoms with Gasteiger partial charge in [-0.2, -0.15) is 5.26 Å². The van der Waals surface area contributed by atoms with Gasteiger partial charge < -0.3 is 15.0 Å². The van der Waals surface area contributed by atoms with Crippen LogP contribution in [0.1, 0.15) is 5.56 Å². The first kappa shape index (κ1) is 16.2. The van der Waals surface area contributed by atoms with Crippen LogP contribution in [0.15, 0.2) is 65.5 Å². The first-order chi connectivity index (χ1) is 10.3. The Morgan fingerprint density at radius 1 is 0.909 bits per heavy atom. The van der Waals surface area contributed by atoms with E-state index in [1.165, 1.54) is 0 Å². The Kier molecular flexibility index (Phi) is 5.29. The summed E-state index contributed by atoms with van der Waals surface area (Å²) in [5, 5.41) is 16.9. The molecule has 0 aliphatic rings. The molecule has 0 saturated carbocycles. The summed E-state index contributed by atoms with van der Waals surface area (Å²) in [6.45, 7) is 0. The van der Waals surface area contributed by atoms with Crippen molar-refractivity contribution >= 4 is 0 Å². The molecule has 0 amide bonds. The molecule has 5 heteroatoms. The van der Waals surface area contributed by atoms with E-state index in [4.69, 9.17) is 0 Å². The van der Waals surface area contributed by atoms with Crippen molar-refractivity contribution in [3.8, 4) is 28.5 Å². The van der Waals surface area contributed by atoms with Gasteiger partial charge in [0.15, 0.2) is 0 Å². The van der Waals surface area contributed by atoms with Crippen molar-refractivity contribution in [2.75, 3.05) is 0 Å². The van der Waals surface area contributed by atoms with Crippen LogP contribution in [-0.2, 0) is 0 Å². The molecule has 22 heavy (non-hydrogen) atoms. The molecule has 0 N–H and O–H groups in total. The maximum atomic E-state index is 11.8. The summed E-state index contributed by atoms with van der Waals surface area (Å²) in [4.78, 5) is 11.8. The summed E-state index contributed by atoms with van der Waals surface area (Å²) in [7, 11) is 0. The third-order valence-electron chi connectivity index (χ3n) is 3.16. The molecule has 100 valence electrons. The van der Waals surface area contributed by atoms with E-state index in [0.29, 0.717) is 11.3 Å². The SMILES string of the molecule is N#Cc1c(-c2ccccc2)c(-c2ccccc2)n[n-]c1=O.[Na+]. The number of hydrogen-bond donors (Lipinski definition) is 0. The molecule has 0 spiro atoms. The Balaban J connectivity index is 0.00000176. The summed E-state index contributed by atoms with van der Waals surface area (Å²) in [6.07, 6.45) is 0. The average Bonchev–Trinajstić information content (AvgIpc) is 2.56. The van der Waals surface area contributed by atoms with Crippen molar-refractivity contribution in [3.05, 3.63) is 76.6 Å². The number of benzene rings is 2. The van der Waals surface area contributed by atoms with Crippen LogP contribution in [0, 0.1) is 11.3 Å². The van der Waals surface area contributed by atoms with Crippen molar-refractivity contribution in [2.24, 2.45) is 0 Å². The van der Waals surface area contributed by atoms with E-state index in [2.05, 4.69) is 10.2 Å². The Labute approximate surface area is 149 Å². The van der Waals surface area contributed by atoms with Crippen LogP contribution in [0.4, 0.5) is 0 Å². The minimum Gasteiger partial charge on any atom is -0.539 e. The Hall–Kier alpha value is -2.19. The third-order valence-corrected chi connectivity index (χ3v) is 3.16. The Morgan fingerprint density at radius 2 is 1.45 bits per heavy atom. The van der Waals surface area contributed by atoms with Gasteiger partial charge in [0, 0.05) is 5.56 Å². The normalized spacial score (nSPS) is 9.59. The first-order valence-corrected chi connectivity index (χ1v) is 6.40. The smallest absolute Gasteiger partial charge is 0.539 e. The van der Waals surface area contributed by atoms with E-state index in [0.717, 1.165) is 11.1 Å². The quantitative estimate of drug-likeness (QED) is 0.604. The fourth-order valence-electron chi connectivity index (χ4n) is 2.21. The van der Waals surface area contributed by atoms with Gasteiger partial charge in [-0.1, -0.05) is 60.7 Å². The van der Waals surface area contributed by atoms with Crippen molar-refractivity contribution in [1.82, 2.24) is 10.2 Å². The zero-order valence-electron chi connectivity index (χ0n) is 12.0. The Bertz CT molecular complexity index is 868. The minimum atomic E-state index is -0.601. The second-order valence-electron chi connectivity index (χ2n) is 4.45. The standard InChI is InChI=1S/C17H11N3O.Na/c18-11-14-15(12-7-3-1-4-8-12)16(19-20-17(14)21)13-9-5-2-6-10-13;/h1-10H,(H,20,21);/q;+1/p-1. The van der Waals surface area contributed by atoms with Crippen molar-refractivity contribution in [1.29, 1.82) is 5.26 Å². The molecule has 1 aromatic heterocycles. The summed E-state index contributed by atoms with van der Waals surface area (Å²) < 4.78 is 0. The molecule has 2 aromatic carbocycles. The van der Waals surface area contributed by atoms with Gasteiger partial charge in [-0.15, -0.1) is 0 Å². The average molecular weight is 295 g/mol. The van der Waals surface area contributed by atoms with Gasteiger partial charge >= 0.3 is 29.6 Å². The van der Waals surface area contributed by atoms with Crippen molar-refractivity contribution < 1.29 is 29.6 Å². The number of aromatic nitrogens is 2. The molecule has 3 rings (SSSR count). The van der Waals surface area contributed by atoms with Gasteiger partial charge in [-0.25, -0.2) is 0 Å². The zero-order chi connectivity index (χ0) is 14.7. The molecule has 0 unspecified atom stereocenters. The van der Waals surface area contributed by atoms with Crippen LogP contribution in [0.5, 0.6) is 0 Å². The van der Waals surface area contributed by atoms with Crippen molar-refractivity contribution in [3.63, 3.8) is 0 Å². The van der Waals surface area contributed by atoms with Crippen LogP contribution >= 0.6 is 0 Å². The number of rotatable bonds is 2. The maximum Gasteiger partial charge on any atom is 1.00 e. The summed E-state index contributed by atoms with van der Waals surface area (Å²) in [5.41, 5.74) is 2.09. The molecule has 0 aliphatic heterocycles. The molecule has 0 atom stereocenters.